The second kappa shape index (κ2) is 7.36. The molecule has 3 atom stereocenters. The van der Waals surface area contributed by atoms with E-state index in [9.17, 15) is 4.79 Å². The Morgan fingerprint density at radius 3 is 2.78 bits per heavy atom. The fraction of sp³-hybridized carbons (Fsp3) is 0.706. The largest absolute Gasteiger partial charge is 0.469 e. The summed E-state index contributed by atoms with van der Waals surface area (Å²) in [7, 11) is 1.68. The summed E-state index contributed by atoms with van der Waals surface area (Å²) < 4.78 is 16.4. The zero-order valence-corrected chi connectivity index (χ0v) is 14.7. The van der Waals surface area contributed by atoms with E-state index in [-0.39, 0.29) is 24.3 Å². The molecule has 23 heavy (non-hydrogen) atoms. The van der Waals surface area contributed by atoms with Crippen molar-refractivity contribution in [2.24, 2.45) is 0 Å². The molecule has 2 unspecified atom stereocenters. The van der Waals surface area contributed by atoms with Gasteiger partial charge < -0.3 is 24.1 Å². The molecule has 1 aromatic rings. The third kappa shape index (κ3) is 5.25. The Hall–Kier alpha value is -1.53. The highest BCUT2D eigenvalue weighted by atomic mass is 16.6. The standard InChI is InChI=1S/C17H28N2O4/c1-12(9-13-7-6-8-22-13)18-14-10-19(11-15(14)21-5)16(20)23-17(2,3)4/h6-8,12,14-15,18H,9-11H2,1-5H3/t12?,14?,15-/m0/s1. The van der Waals surface area contributed by atoms with E-state index >= 15 is 0 Å². The van der Waals surface area contributed by atoms with Crippen molar-refractivity contribution in [3.8, 4) is 0 Å². The quantitative estimate of drug-likeness (QED) is 0.901. The summed E-state index contributed by atoms with van der Waals surface area (Å²) in [6, 6.07) is 4.16. The van der Waals surface area contributed by atoms with Crippen LogP contribution in [0.1, 0.15) is 33.5 Å². The lowest BCUT2D eigenvalue weighted by atomic mass is 10.1. The van der Waals surface area contributed by atoms with E-state index in [1.807, 2.05) is 32.9 Å². The predicted octanol–water partition coefficient (Wildman–Crippen LogP) is 2.43. The summed E-state index contributed by atoms with van der Waals surface area (Å²) >= 11 is 0. The van der Waals surface area contributed by atoms with Crippen LogP contribution >= 0.6 is 0 Å². The number of furan rings is 1. The first-order valence-corrected chi connectivity index (χ1v) is 8.07. The second-order valence-corrected chi connectivity index (χ2v) is 7.12. The first-order valence-electron chi connectivity index (χ1n) is 8.07. The number of nitrogens with zero attached hydrogens (tertiary/aromatic N) is 1. The monoisotopic (exact) mass is 324 g/mol. The van der Waals surface area contributed by atoms with Gasteiger partial charge in [0.2, 0.25) is 0 Å². The van der Waals surface area contributed by atoms with Crippen molar-refractivity contribution in [1.29, 1.82) is 0 Å². The zero-order valence-electron chi connectivity index (χ0n) is 14.7. The molecule has 0 bridgehead atoms. The molecule has 2 heterocycles. The summed E-state index contributed by atoms with van der Waals surface area (Å²) in [5, 5.41) is 3.53. The minimum atomic E-state index is -0.488. The van der Waals surface area contributed by atoms with Gasteiger partial charge in [0.05, 0.1) is 25.0 Å². The van der Waals surface area contributed by atoms with Crippen molar-refractivity contribution in [2.75, 3.05) is 20.2 Å². The molecule has 1 aliphatic rings. The van der Waals surface area contributed by atoms with Crippen LogP contribution in [-0.4, -0.2) is 55.0 Å². The maximum Gasteiger partial charge on any atom is 0.410 e. The summed E-state index contributed by atoms with van der Waals surface area (Å²) in [6.07, 6.45) is 2.15. The van der Waals surface area contributed by atoms with Crippen LogP contribution in [0.4, 0.5) is 4.79 Å². The van der Waals surface area contributed by atoms with Gasteiger partial charge in [0.15, 0.2) is 0 Å². The fourth-order valence-corrected chi connectivity index (χ4v) is 2.80. The molecule has 1 amide bonds. The lowest BCUT2D eigenvalue weighted by molar-refractivity contribution is 0.0252. The van der Waals surface area contributed by atoms with Gasteiger partial charge >= 0.3 is 6.09 Å². The average molecular weight is 324 g/mol. The number of hydrogen-bond donors (Lipinski definition) is 1. The van der Waals surface area contributed by atoms with Gasteiger partial charge in [-0.1, -0.05) is 0 Å². The average Bonchev–Trinajstić information content (AvgIpc) is 3.06. The number of ether oxygens (including phenoxy) is 2. The fourth-order valence-electron chi connectivity index (χ4n) is 2.80. The summed E-state index contributed by atoms with van der Waals surface area (Å²) in [5.41, 5.74) is -0.488. The van der Waals surface area contributed by atoms with E-state index in [2.05, 4.69) is 12.2 Å². The molecule has 0 aromatic carbocycles. The molecule has 1 N–H and O–H groups in total. The summed E-state index contributed by atoms with van der Waals surface area (Å²) in [4.78, 5) is 13.9. The van der Waals surface area contributed by atoms with Crippen LogP contribution in [0.5, 0.6) is 0 Å². The minimum absolute atomic E-state index is 0.0402. The Labute approximate surface area is 138 Å². The van der Waals surface area contributed by atoms with E-state index in [1.165, 1.54) is 0 Å². The van der Waals surface area contributed by atoms with Gasteiger partial charge in [0.1, 0.15) is 11.4 Å². The van der Waals surface area contributed by atoms with Crippen molar-refractivity contribution in [1.82, 2.24) is 10.2 Å². The van der Waals surface area contributed by atoms with Gasteiger partial charge in [0, 0.05) is 26.1 Å². The normalized spacial score (nSPS) is 23.1. The van der Waals surface area contributed by atoms with Gasteiger partial charge in [-0.3, -0.25) is 0 Å². The van der Waals surface area contributed by atoms with Gasteiger partial charge in [-0.25, -0.2) is 4.79 Å². The van der Waals surface area contributed by atoms with Crippen LogP contribution in [0, 0.1) is 0 Å². The molecule has 1 aliphatic heterocycles. The molecule has 1 aromatic heterocycles. The van der Waals surface area contributed by atoms with Crippen molar-refractivity contribution in [3.63, 3.8) is 0 Å². The van der Waals surface area contributed by atoms with Crippen LogP contribution < -0.4 is 5.32 Å². The van der Waals surface area contributed by atoms with Crippen molar-refractivity contribution < 1.29 is 18.7 Å². The van der Waals surface area contributed by atoms with Gasteiger partial charge in [0.25, 0.3) is 0 Å². The lowest BCUT2D eigenvalue weighted by Gasteiger charge is -2.24. The maximum absolute atomic E-state index is 12.2. The Kier molecular flexibility index (Phi) is 5.70. The smallest absolute Gasteiger partial charge is 0.410 e. The number of likely N-dealkylation sites (tertiary alicyclic amines) is 1. The molecule has 130 valence electrons. The zero-order chi connectivity index (χ0) is 17.0. The number of methoxy groups -OCH3 is 1. The van der Waals surface area contributed by atoms with E-state index in [1.54, 1.807) is 18.3 Å². The van der Waals surface area contributed by atoms with E-state index < -0.39 is 5.60 Å². The highest BCUT2D eigenvalue weighted by Crippen LogP contribution is 2.18. The van der Waals surface area contributed by atoms with Gasteiger partial charge in [-0.05, 0) is 39.8 Å². The number of nitrogens with one attached hydrogen (secondary N) is 1. The highest BCUT2D eigenvalue weighted by Gasteiger charge is 2.37. The predicted molar refractivity (Wildman–Crippen MR) is 87.4 cm³/mol. The molecule has 2 rings (SSSR count). The summed E-state index contributed by atoms with van der Waals surface area (Å²) in [5.74, 6) is 0.945. The lowest BCUT2D eigenvalue weighted by Crippen LogP contribution is -2.45. The first-order chi connectivity index (χ1) is 10.8. The first kappa shape index (κ1) is 17.8. The molecular weight excluding hydrogens is 296 g/mol. The molecule has 0 radical (unpaired) electrons. The van der Waals surface area contributed by atoms with Crippen LogP contribution in [0.25, 0.3) is 0 Å². The van der Waals surface area contributed by atoms with Gasteiger partial charge in [-0.2, -0.15) is 0 Å². The van der Waals surface area contributed by atoms with Crippen LogP contribution in [0.3, 0.4) is 0 Å². The number of hydrogen-bond acceptors (Lipinski definition) is 5. The molecule has 1 fully saturated rings. The van der Waals surface area contributed by atoms with Crippen LogP contribution in [0.15, 0.2) is 22.8 Å². The Bertz CT molecular complexity index is 495. The van der Waals surface area contributed by atoms with E-state index in [0.29, 0.717) is 13.1 Å². The Morgan fingerprint density at radius 1 is 1.48 bits per heavy atom. The minimum Gasteiger partial charge on any atom is -0.469 e. The number of rotatable bonds is 5. The van der Waals surface area contributed by atoms with E-state index in [4.69, 9.17) is 13.9 Å². The Balaban J connectivity index is 1.89. The van der Waals surface area contributed by atoms with Crippen LogP contribution in [0.2, 0.25) is 0 Å². The van der Waals surface area contributed by atoms with Crippen molar-refractivity contribution in [2.45, 2.75) is 57.9 Å². The van der Waals surface area contributed by atoms with E-state index in [0.717, 1.165) is 12.2 Å². The maximum atomic E-state index is 12.2. The van der Waals surface area contributed by atoms with Crippen molar-refractivity contribution >= 4 is 6.09 Å². The number of amides is 1. The molecule has 6 nitrogen and oxygen atoms in total. The van der Waals surface area contributed by atoms with Gasteiger partial charge in [-0.15, -0.1) is 0 Å². The molecule has 6 heteroatoms. The molecule has 0 saturated carbocycles. The third-order valence-electron chi connectivity index (χ3n) is 3.81. The molecular formula is C17H28N2O4. The summed E-state index contributed by atoms with van der Waals surface area (Å²) in [6.45, 7) is 8.83. The Morgan fingerprint density at radius 2 is 2.22 bits per heavy atom. The van der Waals surface area contributed by atoms with Crippen LogP contribution in [-0.2, 0) is 15.9 Å². The third-order valence-corrected chi connectivity index (χ3v) is 3.81. The van der Waals surface area contributed by atoms with Crippen molar-refractivity contribution in [3.05, 3.63) is 24.2 Å². The molecule has 1 saturated heterocycles. The SMILES string of the molecule is CO[C@H]1CN(C(=O)OC(C)(C)C)CC1NC(C)Cc1ccco1. The molecule has 0 spiro atoms. The highest BCUT2D eigenvalue weighted by molar-refractivity contribution is 5.68. The second-order valence-electron chi connectivity index (χ2n) is 7.12. The number of carbonyl (C=O) groups is 1. The molecule has 0 aliphatic carbocycles. The topological polar surface area (TPSA) is 63.9 Å². The number of carbonyl (C=O) groups excluding carboxylic acids is 1.